The number of phenolic OH excluding ortho intramolecular Hbond substituents is 1. The molecule has 1 aliphatic carbocycles. The second-order valence-corrected chi connectivity index (χ2v) is 17.0. The highest BCUT2D eigenvalue weighted by atomic mass is 35.5. The van der Waals surface area contributed by atoms with E-state index in [4.69, 9.17) is 36.8 Å². The number of rotatable bonds is 12. The number of hydrogen-bond acceptors (Lipinski definition) is 11. The minimum Gasteiger partial charge on any atom is -0.508 e. The predicted octanol–water partition coefficient (Wildman–Crippen LogP) is 7.95. The summed E-state index contributed by atoms with van der Waals surface area (Å²) in [6.45, 7) is 3.29. The molecule has 18 heteroatoms. The van der Waals surface area contributed by atoms with Crippen molar-refractivity contribution in [3.8, 4) is 39.7 Å². The smallest absolute Gasteiger partial charge is 0.337 e. The second-order valence-electron chi connectivity index (χ2n) is 16.2. The van der Waals surface area contributed by atoms with Crippen molar-refractivity contribution in [2.75, 3.05) is 19.0 Å². The molecule has 70 heavy (non-hydrogen) atoms. The molecule has 9 rings (SSSR count). The lowest BCUT2D eigenvalue weighted by Crippen LogP contribution is -2.26. The molecule has 350 valence electrons. The van der Waals surface area contributed by atoms with E-state index in [1.165, 1.54) is 60.7 Å². The summed E-state index contributed by atoms with van der Waals surface area (Å²) in [5, 5.41) is 46.9. The van der Waals surface area contributed by atoms with Gasteiger partial charge in [-0.15, -0.1) is 0 Å². The fraction of sp³-hybridized carbons (Fsp3) is 0.0769. The number of ether oxygens (including phenoxy) is 1. The number of hydrogen-bond donors (Lipinski definition) is 6. The largest absolute Gasteiger partial charge is 0.508 e. The number of fused-ring (bicyclic) bond motifs is 4. The Labute approximate surface area is 404 Å². The zero-order valence-electron chi connectivity index (χ0n) is 36.6. The van der Waals surface area contributed by atoms with Crippen LogP contribution < -0.4 is 36.1 Å². The third-order valence-corrected chi connectivity index (χ3v) is 12.3. The average molecular weight is 981 g/mol. The molecular weight excluding hydrogens is 945 g/mol. The van der Waals surface area contributed by atoms with Gasteiger partial charge in [-0.2, -0.15) is 0 Å². The van der Waals surface area contributed by atoms with Crippen LogP contribution >= 0.6 is 23.2 Å². The summed E-state index contributed by atoms with van der Waals surface area (Å²) in [4.78, 5) is 79.7. The van der Waals surface area contributed by atoms with E-state index in [9.17, 15) is 49.2 Å². The molecule has 0 radical (unpaired) electrons. The molecule has 1 aromatic heterocycles. The molecule has 0 fully saturated rings. The van der Waals surface area contributed by atoms with Gasteiger partial charge in [0.1, 0.15) is 34.4 Å². The van der Waals surface area contributed by atoms with Crippen LogP contribution in [0.3, 0.4) is 0 Å². The first-order valence-corrected chi connectivity index (χ1v) is 21.7. The summed E-state index contributed by atoms with van der Waals surface area (Å²) in [6.07, 6.45) is 0. The van der Waals surface area contributed by atoms with Crippen molar-refractivity contribution in [3.63, 3.8) is 0 Å². The molecule has 0 saturated heterocycles. The molecule has 2 aliphatic heterocycles. The van der Waals surface area contributed by atoms with Gasteiger partial charge in [0.15, 0.2) is 11.2 Å². The van der Waals surface area contributed by atoms with Crippen LogP contribution in [0.15, 0.2) is 117 Å². The van der Waals surface area contributed by atoms with Crippen molar-refractivity contribution in [2.45, 2.75) is 13.1 Å². The summed E-state index contributed by atoms with van der Waals surface area (Å²) in [5.41, 5.74) is 0.581. The maximum absolute atomic E-state index is 13.7. The summed E-state index contributed by atoms with van der Waals surface area (Å²) in [6, 6.07) is 24.9. The highest BCUT2D eigenvalue weighted by Crippen LogP contribution is 2.45. The predicted molar refractivity (Wildman–Crippen MR) is 258 cm³/mol. The molecule has 0 saturated carbocycles. The standard InChI is InChI=1S/C52H35Cl2N3O13/c1-23-4-9-30-39(16-23)69-40-18-25(57(2)3)6-11-31(40)43(30)44-36(53)20-34(46(54)45(44)52(66)67)48(60)55-21-27-8-15-38(68-27)49(61)56-22-35-37(59)14-13-32-42(29-12-7-26(58)19-41(29)70-47(32)35)28-10-5-24(50(62)63)17-33(28)51(64)65/h4-20,58H,1,21-22H2,2-3H3,(H,55,60)(H,56,61)(H,62,63)(H,64,65)(H,66,67). The number of aromatic hydroxyl groups is 1. The van der Waals surface area contributed by atoms with Gasteiger partial charge in [-0.1, -0.05) is 48.0 Å². The maximum Gasteiger partial charge on any atom is 0.337 e. The van der Waals surface area contributed by atoms with Gasteiger partial charge >= 0.3 is 17.9 Å². The Morgan fingerprint density at radius 2 is 1.43 bits per heavy atom. The number of nitrogens with one attached hydrogen (secondary N) is 2. The van der Waals surface area contributed by atoms with Gasteiger partial charge in [0.25, 0.3) is 11.8 Å². The monoisotopic (exact) mass is 979 g/mol. The van der Waals surface area contributed by atoms with Crippen LogP contribution in [0.2, 0.25) is 10.0 Å². The van der Waals surface area contributed by atoms with E-state index in [0.717, 1.165) is 11.8 Å². The number of phenols is 1. The van der Waals surface area contributed by atoms with Crippen molar-refractivity contribution < 1.29 is 58.0 Å². The number of carbonyl (C=O) groups is 5. The van der Waals surface area contributed by atoms with Crippen LogP contribution in [0.25, 0.3) is 45.6 Å². The SMILES string of the molecule is C=c1ccc2c(c1)Oc1cc(N(C)C)ccc1C=2c1c(Cl)cc(C(=O)NCc2ccc(C(=O)NCc3c4oc5cc(O)ccc5c(-c5ccc(C(=O)O)cc5C(=O)O)c-4ccc3=O)o2)c(Cl)c1C(=O)O. The quantitative estimate of drug-likeness (QED) is 0.0637. The number of carboxylic acid groups (broad SMARTS) is 3. The van der Waals surface area contributed by atoms with E-state index in [0.29, 0.717) is 38.5 Å². The van der Waals surface area contributed by atoms with Crippen LogP contribution in [0.4, 0.5) is 5.69 Å². The number of nitrogens with zero attached hydrogens (tertiary/aromatic N) is 1. The zero-order valence-corrected chi connectivity index (χ0v) is 38.1. The van der Waals surface area contributed by atoms with Crippen LogP contribution in [0.5, 0.6) is 17.2 Å². The van der Waals surface area contributed by atoms with Crippen molar-refractivity contribution in [1.29, 1.82) is 0 Å². The van der Waals surface area contributed by atoms with Gasteiger partial charge in [-0.3, -0.25) is 14.4 Å². The zero-order chi connectivity index (χ0) is 49.9. The lowest BCUT2D eigenvalue weighted by molar-refractivity contribution is 0.0682. The molecule has 5 aromatic carbocycles. The highest BCUT2D eigenvalue weighted by Gasteiger charge is 2.32. The number of benzene rings is 6. The Morgan fingerprint density at radius 3 is 2.16 bits per heavy atom. The third kappa shape index (κ3) is 8.31. The molecule has 0 spiro atoms. The van der Waals surface area contributed by atoms with Gasteiger partial charge in [0, 0.05) is 70.3 Å². The minimum atomic E-state index is -1.45. The number of furan rings is 1. The van der Waals surface area contributed by atoms with Crippen molar-refractivity contribution in [1.82, 2.24) is 10.6 Å². The normalized spacial score (nSPS) is 11.7. The lowest BCUT2D eigenvalue weighted by atomic mass is 9.88. The lowest BCUT2D eigenvalue weighted by Gasteiger charge is -2.25. The number of anilines is 1. The number of aromatic carboxylic acids is 3. The molecule has 0 bridgehead atoms. The summed E-state index contributed by atoms with van der Waals surface area (Å²) in [5.74, 6) is -5.33. The summed E-state index contributed by atoms with van der Waals surface area (Å²) >= 11 is 13.7. The van der Waals surface area contributed by atoms with E-state index in [1.54, 1.807) is 30.3 Å². The number of halogens is 2. The summed E-state index contributed by atoms with van der Waals surface area (Å²) in [7, 11) is 3.73. The van der Waals surface area contributed by atoms with Crippen LogP contribution in [-0.2, 0) is 13.1 Å². The molecule has 3 heterocycles. The van der Waals surface area contributed by atoms with Gasteiger partial charge in [-0.05, 0) is 83.6 Å². The Kier molecular flexibility index (Phi) is 11.9. The molecule has 3 aliphatic rings. The molecule has 16 nitrogen and oxygen atoms in total. The second kappa shape index (κ2) is 18.0. The molecule has 6 N–H and O–H groups in total. The molecule has 6 aromatic rings. The maximum atomic E-state index is 13.7. The van der Waals surface area contributed by atoms with Gasteiger partial charge in [-0.25, -0.2) is 14.4 Å². The van der Waals surface area contributed by atoms with Crippen LogP contribution in [-0.4, -0.2) is 64.2 Å². The highest BCUT2D eigenvalue weighted by molar-refractivity contribution is 6.40. The Bertz CT molecular complexity index is 3750. The van der Waals surface area contributed by atoms with E-state index in [1.807, 2.05) is 25.1 Å². The first kappa shape index (κ1) is 46.3. The minimum absolute atomic E-state index is 0.0486. The van der Waals surface area contributed by atoms with Gasteiger partial charge in [0.2, 0.25) is 0 Å². The Morgan fingerprint density at radius 1 is 0.686 bits per heavy atom. The van der Waals surface area contributed by atoms with E-state index in [2.05, 4.69) is 17.2 Å². The Balaban J connectivity index is 0.971. The van der Waals surface area contributed by atoms with Crippen molar-refractivity contribution in [3.05, 3.63) is 184 Å². The molecule has 0 atom stereocenters. The number of amides is 2. The third-order valence-electron chi connectivity index (χ3n) is 11.6. The number of carbonyl (C=O) groups excluding carboxylic acids is 2. The Hall–Kier alpha value is -8.86. The molecule has 2 amide bonds. The van der Waals surface area contributed by atoms with Crippen LogP contribution in [0.1, 0.15) is 74.4 Å². The van der Waals surface area contributed by atoms with Crippen molar-refractivity contribution in [2.24, 2.45) is 0 Å². The van der Waals surface area contributed by atoms with Crippen LogP contribution in [0, 0.1) is 0 Å². The van der Waals surface area contributed by atoms with E-state index < -0.39 is 52.3 Å². The van der Waals surface area contributed by atoms with Gasteiger partial charge in [0.05, 0.1) is 51.0 Å². The molecular formula is C52H35Cl2N3O13. The first-order chi connectivity index (χ1) is 33.4. The number of carboxylic acids is 3. The van der Waals surface area contributed by atoms with Gasteiger partial charge < -0.3 is 49.5 Å². The topological polar surface area (TPSA) is 246 Å². The fourth-order valence-electron chi connectivity index (χ4n) is 8.33. The van der Waals surface area contributed by atoms with E-state index >= 15 is 0 Å². The first-order valence-electron chi connectivity index (χ1n) is 21.0. The van der Waals surface area contributed by atoms with Crippen molar-refractivity contribution >= 4 is 81.7 Å². The molecule has 0 unspecified atom stereocenters. The summed E-state index contributed by atoms with van der Waals surface area (Å²) < 4.78 is 18.1. The van der Waals surface area contributed by atoms with E-state index in [-0.39, 0.29) is 84.7 Å². The average Bonchev–Trinajstić information content (AvgIpc) is 3.80. The fourth-order valence-corrected chi connectivity index (χ4v) is 8.94.